The number of ether oxygens (including phenoxy) is 1. The summed E-state index contributed by atoms with van der Waals surface area (Å²) in [4.78, 5) is 0. The van der Waals surface area contributed by atoms with Crippen LogP contribution in [0, 0.1) is 17.8 Å². The molecule has 20 heavy (non-hydrogen) atoms. The van der Waals surface area contributed by atoms with Crippen molar-refractivity contribution in [3.63, 3.8) is 0 Å². The van der Waals surface area contributed by atoms with Gasteiger partial charge in [-0.3, -0.25) is 0 Å². The average Bonchev–Trinajstić information content (AvgIpc) is 2.45. The van der Waals surface area contributed by atoms with Crippen LogP contribution in [0.5, 0.6) is 5.75 Å². The van der Waals surface area contributed by atoms with Crippen LogP contribution in [0.3, 0.4) is 0 Å². The van der Waals surface area contributed by atoms with E-state index in [4.69, 9.17) is 4.74 Å². The summed E-state index contributed by atoms with van der Waals surface area (Å²) in [5.41, 5.74) is 3.39. The first kappa shape index (κ1) is 13.2. The predicted octanol–water partition coefficient (Wildman–Crippen LogP) is 5.06. The Labute approximate surface area is 130 Å². The zero-order valence-corrected chi connectivity index (χ0v) is 13.8. The van der Waals surface area contributed by atoms with Crippen molar-refractivity contribution in [1.82, 2.24) is 0 Å². The molecule has 1 nitrogen and oxygen atoms in total. The summed E-state index contributed by atoms with van der Waals surface area (Å²) in [6, 6.07) is 6.95. The lowest BCUT2D eigenvalue weighted by atomic mass is 9.48. The largest absolute Gasteiger partial charge is 0.496 e. The number of rotatable bonds is 3. The second-order valence-corrected chi connectivity index (χ2v) is 7.92. The van der Waals surface area contributed by atoms with Crippen LogP contribution in [0.25, 0.3) is 0 Å². The summed E-state index contributed by atoms with van der Waals surface area (Å²) >= 11 is 3.61. The molecule has 1 aromatic rings. The summed E-state index contributed by atoms with van der Waals surface area (Å²) in [6.07, 6.45) is 8.86. The smallest absolute Gasteiger partial charge is 0.122 e. The van der Waals surface area contributed by atoms with Gasteiger partial charge in [0.25, 0.3) is 0 Å². The molecule has 0 radical (unpaired) electrons. The molecule has 0 aliphatic heterocycles. The summed E-state index contributed by atoms with van der Waals surface area (Å²) in [5, 5.41) is 0.885. The van der Waals surface area contributed by atoms with Crippen molar-refractivity contribution in [2.24, 2.45) is 17.8 Å². The van der Waals surface area contributed by atoms with E-state index in [1.165, 1.54) is 44.1 Å². The Hall–Kier alpha value is -0.500. The van der Waals surface area contributed by atoms with Gasteiger partial charge in [-0.25, -0.2) is 0 Å². The van der Waals surface area contributed by atoms with Crippen LogP contribution < -0.4 is 4.74 Å². The van der Waals surface area contributed by atoms with E-state index in [0.717, 1.165) is 28.8 Å². The second-order valence-electron chi connectivity index (χ2n) is 7.36. The fourth-order valence-electron chi connectivity index (χ4n) is 5.68. The standard InChI is InChI=1S/C18H23BrO/c1-20-17-3-2-16(7-15(17)11-19)18-8-12-4-13(9-18)6-14(5-12)10-18/h2-3,7,12-14H,4-6,8-11H2,1H3. The third kappa shape index (κ3) is 1.94. The van der Waals surface area contributed by atoms with E-state index in [0.29, 0.717) is 5.41 Å². The highest BCUT2D eigenvalue weighted by Crippen LogP contribution is 2.60. The maximum absolute atomic E-state index is 5.48. The van der Waals surface area contributed by atoms with E-state index < -0.39 is 0 Å². The summed E-state index contributed by atoms with van der Waals surface area (Å²) in [5.74, 6) is 4.05. The van der Waals surface area contributed by atoms with Crippen LogP contribution in [0.4, 0.5) is 0 Å². The monoisotopic (exact) mass is 334 g/mol. The van der Waals surface area contributed by atoms with Crippen molar-refractivity contribution in [2.75, 3.05) is 7.11 Å². The Morgan fingerprint density at radius 2 is 1.70 bits per heavy atom. The van der Waals surface area contributed by atoms with Crippen LogP contribution in [-0.4, -0.2) is 7.11 Å². The fraction of sp³-hybridized carbons (Fsp3) is 0.667. The number of halogens is 1. The molecule has 2 heteroatoms. The molecule has 0 heterocycles. The minimum Gasteiger partial charge on any atom is -0.496 e. The van der Waals surface area contributed by atoms with Gasteiger partial charge in [0.05, 0.1) is 7.11 Å². The topological polar surface area (TPSA) is 9.23 Å². The van der Waals surface area contributed by atoms with Crippen molar-refractivity contribution in [1.29, 1.82) is 0 Å². The lowest BCUT2D eigenvalue weighted by Crippen LogP contribution is -2.48. The molecule has 0 spiro atoms. The van der Waals surface area contributed by atoms with Gasteiger partial charge < -0.3 is 4.74 Å². The van der Waals surface area contributed by atoms with Gasteiger partial charge in [-0.15, -0.1) is 0 Å². The van der Waals surface area contributed by atoms with E-state index in [9.17, 15) is 0 Å². The molecule has 4 saturated carbocycles. The highest BCUT2D eigenvalue weighted by Gasteiger charge is 2.51. The van der Waals surface area contributed by atoms with Crippen molar-refractivity contribution in [3.8, 4) is 5.75 Å². The van der Waals surface area contributed by atoms with E-state index in [2.05, 4.69) is 34.1 Å². The normalized spacial score (nSPS) is 38.2. The maximum atomic E-state index is 5.48. The number of alkyl halides is 1. The van der Waals surface area contributed by atoms with Crippen molar-refractivity contribution >= 4 is 15.9 Å². The van der Waals surface area contributed by atoms with Gasteiger partial charge in [0.1, 0.15) is 5.75 Å². The van der Waals surface area contributed by atoms with E-state index in [-0.39, 0.29) is 0 Å². The Morgan fingerprint density at radius 3 is 2.20 bits per heavy atom. The highest BCUT2D eigenvalue weighted by atomic mass is 79.9. The van der Waals surface area contributed by atoms with Gasteiger partial charge >= 0.3 is 0 Å². The number of benzene rings is 1. The third-order valence-corrected chi connectivity index (χ3v) is 6.68. The lowest BCUT2D eigenvalue weighted by Gasteiger charge is -2.57. The Morgan fingerprint density at radius 1 is 1.10 bits per heavy atom. The highest BCUT2D eigenvalue weighted by molar-refractivity contribution is 9.08. The Balaban J connectivity index is 1.73. The first-order valence-corrected chi connectivity index (χ1v) is 9.08. The molecule has 4 aliphatic rings. The summed E-state index contributed by atoms with van der Waals surface area (Å²) in [7, 11) is 1.77. The quantitative estimate of drug-likeness (QED) is 0.702. The van der Waals surface area contributed by atoms with Gasteiger partial charge in [0.2, 0.25) is 0 Å². The molecule has 0 aromatic heterocycles. The molecule has 0 saturated heterocycles. The molecule has 0 N–H and O–H groups in total. The van der Waals surface area contributed by atoms with Gasteiger partial charge in [0, 0.05) is 10.9 Å². The lowest BCUT2D eigenvalue weighted by molar-refractivity contribution is -0.00522. The number of methoxy groups -OCH3 is 1. The first-order valence-electron chi connectivity index (χ1n) is 7.96. The third-order valence-electron chi connectivity index (χ3n) is 6.07. The molecule has 4 aliphatic carbocycles. The molecule has 4 bridgehead atoms. The first-order chi connectivity index (χ1) is 9.72. The zero-order chi connectivity index (χ0) is 13.7. The Bertz CT molecular complexity index is 487. The molecule has 4 fully saturated rings. The Kier molecular flexibility index (Phi) is 3.14. The molecule has 0 amide bonds. The molecule has 1 aromatic carbocycles. The zero-order valence-electron chi connectivity index (χ0n) is 12.2. The molecule has 5 rings (SSSR count). The molecule has 108 valence electrons. The minimum atomic E-state index is 0.498. The van der Waals surface area contributed by atoms with E-state index in [1.807, 2.05) is 0 Å². The summed E-state index contributed by atoms with van der Waals surface area (Å²) < 4.78 is 5.48. The van der Waals surface area contributed by atoms with Crippen LogP contribution >= 0.6 is 15.9 Å². The van der Waals surface area contributed by atoms with Crippen molar-refractivity contribution in [2.45, 2.75) is 49.3 Å². The van der Waals surface area contributed by atoms with E-state index >= 15 is 0 Å². The number of hydrogen-bond acceptors (Lipinski definition) is 1. The van der Waals surface area contributed by atoms with Crippen LogP contribution in [-0.2, 0) is 10.7 Å². The molecular weight excluding hydrogens is 312 g/mol. The van der Waals surface area contributed by atoms with Gasteiger partial charge in [-0.1, -0.05) is 28.1 Å². The van der Waals surface area contributed by atoms with Crippen LogP contribution in [0.1, 0.15) is 49.7 Å². The SMILES string of the molecule is COc1ccc(C23CC4CC(CC(C4)C2)C3)cc1CBr. The second kappa shape index (κ2) is 4.76. The fourth-order valence-corrected chi connectivity index (χ4v) is 6.12. The van der Waals surface area contributed by atoms with Gasteiger partial charge in [-0.2, -0.15) is 0 Å². The van der Waals surface area contributed by atoms with Gasteiger partial charge in [-0.05, 0) is 73.3 Å². The van der Waals surface area contributed by atoms with E-state index in [1.54, 1.807) is 12.7 Å². The van der Waals surface area contributed by atoms with Crippen molar-refractivity contribution in [3.05, 3.63) is 29.3 Å². The number of hydrogen-bond donors (Lipinski definition) is 0. The van der Waals surface area contributed by atoms with Crippen molar-refractivity contribution < 1.29 is 4.74 Å². The van der Waals surface area contributed by atoms with Crippen LogP contribution in [0.2, 0.25) is 0 Å². The molecule has 0 unspecified atom stereocenters. The molecule has 0 atom stereocenters. The maximum Gasteiger partial charge on any atom is 0.122 e. The molecular formula is C18H23BrO. The van der Waals surface area contributed by atoms with Crippen LogP contribution in [0.15, 0.2) is 18.2 Å². The average molecular weight is 335 g/mol. The predicted molar refractivity (Wildman–Crippen MR) is 85.5 cm³/mol. The van der Waals surface area contributed by atoms with Gasteiger partial charge in [0.15, 0.2) is 0 Å². The minimum absolute atomic E-state index is 0.498. The summed E-state index contributed by atoms with van der Waals surface area (Å²) in [6.45, 7) is 0.